The fraction of sp³-hybridized carbons (Fsp3) is 0.238. The van der Waals surface area contributed by atoms with Crippen LogP contribution in [0.1, 0.15) is 22.5 Å². The molecule has 1 atom stereocenters. The van der Waals surface area contributed by atoms with E-state index >= 15 is 0 Å². The molecule has 4 aromatic rings. The molecule has 1 fully saturated rings. The van der Waals surface area contributed by atoms with E-state index in [1.807, 2.05) is 58.8 Å². The minimum Gasteiger partial charge on any atom is -0.377 e. The number of thiophene rings is 1. The van der Waals surface area contributed by atoms with Gasteiger partial charge in [-0.15, -0.1) is 21.5 Å². The number of fused-ring (bicyclic) bond motifs is 1. The van der Waals surface area contributed by atoms with E-state index in [1.165, 1.54) is 11.3 Å². The van der Waals surface area contributed by atoms with Crippen molar-refractivity contribution >= 4 is 28.6 Å². The standard InChI is InChI=1S/C21H20N6OS/c28-21(19-9-5-11-29-19)26-10-4-8-16(13-26)23-18-12-17(15-6-2-1-3-7-15)25-27-14-22-24-20(18)27/h1-3,5-7,9,11-12,14,16,23H,4,8,10,13H2. The Hall–Kier alpha value is -3.26. The second-order valence-corrected chi connectivity index (χ2v) is 8.07. The van der Waals surface area contributed by atoms with E-state index in [0.29, 0.717) is 12.2 Å². The zero-order valence-corrected chi connectivity index (χ0v) is 16.5. The van der Waals surface area contributed by atoms with Crippen molar-refractivity contribution in [2.45, 2.75) is 18.9 Å². The number of rotatable bonds is 4. The third kappa shape index (κ3) is 3.58. The normalized spacial score (nSPS) is 16.8. The first-order valence-corrected chi connectivity index (χ1v) is 10.5. The lowest BCUT2D eigenvalue weighted by Gasteiger charge is -2.33. The largest absolute Gasteiger partial charge is 0.377 e. The van der Waals surface area contributed by atoms with Gasteiger partial charge < -0.3 is 10.2 Å². The number of carbonyl (C=O) groups excluding carboxylic acids is 1. The lowest BCUT2D eigenvalue weighted by molar-refractivity contribution is 0.0720. The van der Waals surface area contributed by atoms with E-state index in [-0.39, 0.29) is 11.9 Å². The van der Waals surface area contributed by atoms with Gasteiger partial charge in [0.15, 0.2) is 0 Å². The molecule has 29 heavy (non-hydrogen) atoms. The van der Waals surface area contributed by atoms with Crippen molar-refractivity contribution in [3.8, 4) is 11.3 Å². The second kappa shape index (κ2) is 7.63. The van der Waals surface area contributed by atoms with Crippen molar-refractivity contribution in [2.75, 3.05) is 18.4 Å². The molecule has 1 N–H and O–H groups in total. The Morgan fingerprint density at radius 3 is 2.90 bits per heavy atom. The quantitative estimate of drug-likeness (QED) is 0.563. The number of likely N-dealkylation sites (tertiary alicyclic amines) is 1. The third-order valence-corrected chi connectivity index (χ3v) is 6.00. The van der Waals surface area contributed by atoms with Crippen molar-refractivity contribution < 1.29 is 4.79 Å². The van der Waals surface area contributed by atoms with Gasteiger partial charge in [0.05, 0.1) is 16.3 Å². The Bertz CT molecular complexity index is 1120. The van der Waals surface area contributed by atoms with Crippen LogP contribution in [0.2, 0.25) is 0 Å². The molecule has 1 aliphatic rings. The monoisotopic (exact) mass is 404 g/mol. The van der Waals surface area contributed by atoms with Gasteiger partial charge in [0, 0.05) is 24.7 Å². The Labute approximate surface area is 172 Å². The summed E-state index contributed by atoms with van der Waals surface area (Å²) in [5.74, 6) is 0.110. The molecule has 4 heterocycles. The number of amides is 1. The number of piperidine rings is 1. The summed E-state index contributed by atoms with van der Waals surface area (Å²) in [6.07, 6.45) is 3.58. The van der Waals surface area contributed by atoms with Crippen LogP contribution in [0.4, 0.5) is 5.69 Å². The number of hydrogen-bond acceptors (Lipinski definition) is 6. The molecule has 0 radical (unpaired) electrons. The van der Waals surface area contributed by atoms with Crippen molar-refractivity contribution in [3.63, 3.8) is 0 Å². The van der Waals surface area contributed by atoms with Gasteiger partial charge >= 0.3 is 0 Å². The predicted molar refractivity (Wildman–Crippen MR) is 113 cm³/mol. The molecule has 1 aliphatic heterocycles. The maximum atomic E-state index is 12.7. The second-order valence-electron chi connectivity index (χ2n) is 7.12. The summed E-state index contributed by atoms with van der Waals surface area (Å²) >= 11 is 1.49. The number of nitrogens with zero attached hydrogens (tertiary/aromatic N) is 5. The molecule has 3 aromatic heterocycles. The van der Waals surface area contributed by atoms with E-state index in [2.05, 4.69) is 20.6 Å². The van der Waals surface area contributed by atoms with Gasteiger partial charge in [0.1, 0.15) is 6.33 Å². The van der Waals surface area contributed by atoms with Gasteiger partial charge in [0.2, 0.25) is 5.65 Å². The molecule has 8 heteroatoms. The highest BCUT2D eigenvalue weighted by Crippen LogP contribution is 2.25. The molecule has 1 aromatic carbocycles. The highest BCUT2D eigenvalue weighted by molar-refractivity contribution is 7.12. The summed E-state index contributed by atoms with van der Waals surface area (Å²) in [7, 11) is 0. The van der Waals surface area contributed by atoms with E-state index in [9.17, 15) is 4.79 Å². The first-order valence-electron chi connectivity index (χ1n) is 9.64. The fourth-order valence-electron chi connectivity index (χ4n) is 3.74. The van der Waals surface area contributed by atoms with E-state index in [0.717, 1.165) is 41.2 Å². The SMILES string of the molecule is O=C(c1cccs1)N1CCCC(Nc2cc(-c3ccccc3)nn3cnnc23)C1. The number of aromatic nitrogens is 4. The zero-order chi connectivity index (χ0) is 19.6. The summed E-state index contributed by atoms with van der Waals surface area (Å²) in [5, 5.41) is 18.4. The minimum absolute atomic E-state index is 0.110. The Morgan fingerprint density at radius 1 is 1.17 bits per heavy atom. The number of carbonyl (C=O) groups is 1. The van der Waals surface area contributed by atoms with E-state index < -0.39 is 0 Å². The lowest BCUT2D eigenvalue weighted by Crippen LogP contribution is -2.45. The van der Waals surface area contributed by atoms with Crippen molar-refractivity contribution in [1.29, 1.82) is 0 Å². The summed E-state index contributed by atoms with van der Waals surface area (Å²) in [6, 6.07) is 16.0. The third-order valence-electron chi connectivity index (χ3n) is 5.14. The van der Waals surface area contributed by atoms with Crippen molar-refractivity contribution in [2.24, 2.45) is 0 Å². The molecule has 0 bridgehead atoms. The maximum absolute atomic E-state index is 12.7. The molecular weight excluding hydrogens is 384 g/mol. The summed E-state index contributed by atoms with van der Waals surface area (Å²) < 4.78 is 1.70. The van der Waals surface area contributed by atoms with Crippen molar-refractivity contribution in [1.82, 2.24) is 24.7 Å². The van der Waals surface area contributed by atoms with Crippen LogP contribution in [-0.2, 0) is 0 Å². The van der Waals surface area contributed by atoms with Crippen LogP contribution in [-0.4, -0.2) is 49.7 Å². The molecule has 0 saturated carbocycles. The van der Waals surface area contributed by atoms with Gasteiger partial charge in [-0.3, -0.25) is 4.79 Å². The van der Waals surface area contributed by atoms with Crippen LogP contribution in [0.25, 0.3) is 16.9 Å². The van der Waals surface area contributed by atoms with Crippen LogP contribution in [0.3, 0.4) is 0 Å². The molecule has 0 aliphatic carbocycles. The molecule has 0 spiro atoms. The van der Waals surface area contributed by atoms with E-state index in [4.69, 9.17) is 0 Å². The Kier molecular flexibility index (Phi) is 4.69. The maximum Gasteiger partial charge on any atom is 0.263 e. The van der Waals surface area contributed by atoms with Crippen LogP contribution in [0.15, 0.2) is 60.2 Å². The molecule has 1 amide bonds. The Balaban J connectivity index is 1.41. The smallest absolute Gasteiger partial charge is 0.263 e. The molecule has 5 rings (SSSR count). The van der Waals surface area contributed by atoms with Crippen LogP contribution < -0.4 is 5.32 Å². The van der Waals surface area contributed by atoms with Crippen LogP contribution in [0, 0.1) is 0 Å². The van der Waals surface area contributed by atoms with Gasteiger partial charge in [-0.05, 0) is 30.4 Å². The highest BCUT2D eigenvalue weighted by atomic mass is 32.1. The topological polar surface area (TPSA) is 75.4 Å². The number of anilines is 1. The predicted octanol–water partition coefficient (Wildman–Crippen LogP) is 3.57. The van der Waals surface area contributed by atoms with Crippen molar-refractivity contribution in [3.05, 3.63) is 65.1 Å². The average Bonchev–Trinajstić information content (AvgIpc) is 3.46. The Morgan fingerprint density at radius 2 is 2.07 bits per heavy atom. The first-order chi connectivity index (χ1) is 14.3. The number of nitrogens with one attached hydrogen (secondary N) is 1. The molecular formula is C21H20N6OS. The number of benzene rings is 1. The lowest BCUT2D eigenvalue weighted by atomic mass is 10.0. The fourth-order valence-corrected chi connectivity index (χ4v) is 4.43. The number of hydrogen-bond donors (Lipinski definition) is 1. The van der Waals surface area contributed by atoms with Crippen LogP contribution >= 0.6 is 11.3 Å². The van der Waals surface area contributed by atoms with Crippen LogP contribution in [0.5, 0.6) is 0 Å². The molecule has 1 unspecified atom stereocenters. The zero-order valence-electron chi connectivity index (χ0n) is 15.7. The van der Waals surface area contributed by atoms with E-state index in [1.54, 1.807) is 10.8 Å². The summed E-state index contributed by atoms with van der Waals surface area (Å²) in [6.45, 7) is 1.46. The highest BCUT2D eigenvalue weighted by Gasteiger charge is 2.25. The molecule has 7 nitrogen and oxygen atoms in total. The van der Waals surface area contributed by atoms with Gasteiger partial charge in [0.25, 0.3) is 5.91 Å². The molecule has 1 saturated heterocycles. The summed E-state index contributed by atoms with van der Waals surface area (Å²) in [4.78, 5) is 15.5. The first kappa shape index (κ1) is 17.8. The van der Waals surface area contributed by atoms with Gasteiger partial charge in [-0.25, -0.2) is 0 Å². The molecule has 146 valence electrons. The van der Waals surface area contributed by atoms with Gasteiger partial charge in [-0.2, -0.15) is 9.61 Å². The minimum atomic E-state index is 0.110. The summed E-state index contributed by atoms with van der Waals surface area (Å²) in [5.41, 5.74) is 3.45. The van der Waals surface area contributed by atoms with Gasteiger partial charge in [-0.1, -0.05) is 36.4 Å². The average molecular weight is 404 g/mol.